The molecule has 0 saturated carbocycles. The lowest BCUT2D eigenvalue weighted by atomic mass is 10.1. The SMILES string of the molecule is Cc1cccc(N2C(=O)CC(N(O)c3ccccc3)C2=O)c1C. The molecule has 118 valence electrons. The van der Waals surface area contributed by atoms with Crippen molar-refractivity contribution in [1.82, 2.24) is 0 Å². The van der Waals surface area contributed by atoms with Crippen molar-refractivity contribution in [3.05, 3.63) is 59.7 Å². The minimum atomic E-state index is -0.898. The summed E-state index contributed by atoms with van der Waals surface area (Å²) in [5, 5.41) is 11.2. The number of aryl methyl sites for hydroxylation is 1. The molecule has 23 heavy (non-hydrogen) atoms. The lowest BCUT2D eigenvalue weighted by Crippen LogP contribution is -2.40. The average Bonchev–Trinajstić information content (AvgIpc) is 2.85. The van der Waals surface area contributed by atoms with E-state index in [0.717, 1.165) is 16.2 Å². The second-order valence-corrected chi connectivity index (χ2v) is 5.69. The molecule has 2 aromatic carbocycles. The van der Waals surface area contributed by atoms with Crippen LogP contribution < -0.4 is 9.96 Å². The topological polar surface area (TPSA) is 60.9 Å². The first-order valence-corrected chi connectivity index (χ1v) is 7.47. The number of imide groups is 1. The first kappa shape index (κ1) is 15.2. The Balaban J connectivity index is 1.93. The summed E-state index contributed by atoms with van der Waals surface area (Å²) in [6.45, 7) is 3.82. The van der Waals surface area contributed by atoms with Gasteiger partial charge in [-0.1, -0.05) is 30.3 Å². The summed E-state index contributed by atoms with van der Waals surface area (Å²) in [7, 11) is 0. The van der Waals surface area contributed by atoms with E-state index in [9.17, 15) is 14.8 Å². The number of anilines is 2. The van der Waals surface area contributed by atoms with Crippen LogP contribution in [0.3, 0.4) is 0 Å². The number of hydrogen-bond donors (Lipinski definition) is 1. The van der Waals surface area contributed by atoms with E-state index in [1.807, 2.05) is 32.0 Å². The van der Waals surface area contributed by atoms with Crippen molar-refractivity contribution in [3.63, 3.8) is 0 Å². The lowest BCUT2D eigenvalue weighted by Gasteiger charge is -2.23. The molecule has 1 saturated heterocycles. The number of carbonyl (C=O) groups is 2. The molecular formula is C18H18N2O3. The molecule has 1 atom stereocenters. The molecule has 0 spiro atoms. The quantitative estimate of drug-likeness (QED) is 0.699. The molecule has 1 aliphatic rings. The van der Waals surface area contributed by atoms with Crippen LogP contribution in [0.5, 0.6) is 0 Å². The third-order valence-corrected chi connectivity index (χ3v) is 4.26. The second kappa shape index (κ2) is 5.85. The van der Waals surface area contributed by atoms with Gasteiger partial charge in [0.05, 0.1) is 17.8 Å². The highest BCUT2D eigenvalue weighted by Crippen LogP contribution is 2.30. The van der Waals surface area contributed by atoms with Crippen molar-refractivity contribution >= 4 is 23.2 Å². The normalized spacial score (nSPS) is 17.7. The predicted octanol–water partition coefficient (Wildman–Crippen LogP) is 2.83. The van der Waals surface area contributed by atoms with E-state index in [4.69, 9.17) is 0 Å². The predicted molar refractivity (Wildman–Crippen MR) is 87.5 cm³/mol. The molecule has 1 unspecified atom stereocenters. The number of rotatable bonds is 3. The van der Waals surface area contributed by atoms with Gasteiger partial charge < -0.3 is 0 Å². The number of para-hydroxylation sites is 1. The molecule has 0 radical (unpaired) electrons. The highest BCUT2D eigenvalue weighted by atomic mass is 16.5. The molecular weight excluding hydrogens is 292 g/mol. The zero-order chi connectivity index (χ0) is 16.6. The molecule has 0 bridgehead atoms. The summed E-state index contributed by atoms with van der Waals surface area (Å²) in [4.78, 5) is 26.2. The molecule has 5 heteroatoms. The molecule has 5 nitrogen and oxygen atoms in total. The Morgan fingerprint density at radius 1 is 1.04 bits per heavy atom. The smallest absolute Gasteiger partial charge is 0.259 e. The van der Waals surface area contributed by atoms with Gasteiger partial charge in [0, 0.05) is 0 Å². The van der Waals surface area contributed by atoms with E-state index in [0.29, 0.717) is 11.4 Å². The molecule has 2 aromatic rings. The molecule has 2 amide bonds. The Morgan fingerprint density at radius 3 is 2.43 bits per heavy atom. The minimum Gasteiger partial charge on any atom is -0.288 e. The number of hydrogen-bond acceptors (Lipinski definition) is 4. The van der Waals surface area contributed by atoms with Gasteiger partial charge in [-0.3, -0.25) is 14.8 Å². The third-order valence-electron chi connectivity index (χ3n) is 4.26. The summed E-state index contributed by atoms with van der Waals surface area (Å²) in [5.74, 6) is -0.710. The Labute approximate surface area is 134 Å². The Morgan fingerprint density at radius 2 is 1.74 bits per heavy atom. The number of nitrogens with zero attached hydrogens (tertiary/aromatic N) is 2. The largest absolute Gasteiger partial charge is 0.288 e. The summed E-state index contributed by atoms with van der Waals surface area (Å²) < 4.78 is 0. The van der Waals surface area contributed by atoms with Gasteiger partial charge in [-0.05, 0) is 43.2 Å². The minimum absolute atomic E-state index is 0.0440. The van der Waals surface area contributed by atoms with E-state index in [-0.39, 0.29) is 12.3 Å². The Bertz CT molecular complexity index is 758. The standard InChI is InChI=1S/C18H18N2O3/c1-12-7-6-10-15(13(12)2)19-17(21)11-16(18(19)22)20(23)14-8-4-3-5-9-14/h3-10,16,23H,11H2,1-2H3. The van der Waals surface area contributed by atoms with E-state index >= 15 is 0 Å². The van der Waals surface area contributed by atoms with Crippen LogP contribution in [0.25, 0.3) is 0 Å². The van der Waals surface area contributed by atoms with Gasteiger partial charge >= 0.3 is 0 Å². The summed E-state index contributed by atoms with van der Waals surface area (Å²) in [5.41, 5.74) is 2.97. The van der Waals surface area contributed by atoms with Crippen LogP contribution in [0.15, 0.2) is 48.5 Å². The third kappa shape index (κ3) is 2.59. The zero-order valence-electron chi connectivity index (χ0n) is 13.1. The number of amides is 2. The van der Waals surface area contributed by atoms with Crippen LogP contribution >= 0.6 is 0 Å². The number of benzene rings is 2. The maximum absolute atomic E-state index is 12.7. The number of carbonyl (C=O) groups excluding carboxylic acids is 2. The fraction of sp³-hybridized carbons (Fsp3) is 0.222. The van der Waals surface area contributed by atoms with E-state index in [2.05, 4.69) is 0 Å². The zero-order valence-corrected chi connectivity index (χ0v) is 13.1. The highest BCUT2D eigenvalue weighted by molar-refractivity contribution is 6.23. The van der Waals surface area contributed by atoms with Crippen LogP contribution in [0, 0.1) is 13.8 Å². The maximum atomic E-state index is 12.7. The Hall–Kier alpha value is -2.66. The molecule has 3 rings (SSSR count). The van der Waals surface area contributed by atoms with Crippen molar-refractivity contribution < 1.29 is 14.8 Å². The maximum Gasteiger partial charge on any atom is 0.259 e. The first-order chi connectivity index (χ1) is 11.0. The van der Waals surface area contributed by atoms with Gasteiger partial charge in [0.25, 0.3) is 5.91 Å². The summed E-state index contributed by atoms with van der Waals surface area (Å²) >= 11 is 0. The lowest BCUT2D eigenvalue weighted by molar-refractivity contribution is -0.121. The number of hydroxylamine groups is 1. The fourth-order valence-electron chi connectivity index (χ4n) is 2.80. The average molecular weight is 310 g/mol. The van der Waals surface area contributed by atoms with Gasteiger partial charge in [-0.2, -0.15) is 0 Å². The first-order valence-electron chi connectivity index (χ1n) is 7.47. The van der Waals surface area contributed by atoms with Gasteiger partial charge in [0.1, 0.15) is 6.04 Å². The fourth-order valence-corrected chi connectivity index (χ4v) is 2.80. The van der Waals surface area contributed by atoms with Crippen LogP contribution in [0.1, 0.15) is 17.5 Å². The molecule has 0 aliphatic carbocycles. The molecule has 1 N–H and O–H groups in total. The molecule has 1 heterocycles. The summed E-state index contributed by atoms with van der Waals surface area (Å²) in [6.07, 6.45) is -0.0440. The van der Waals surface area contributed by atoms with E-state index in [1.54, 1.807) is 30.3 Å². The van der Waals surface area contributed by atoms with Crippen molar-refractivity contribution in [3.8, 4) is 0 Å². The van der Waals surface area contributed by atoms with Crippen molar-refractivity contribution in [2.45, 2.75) is 26.3 Å². The molecule has 1 fully saturated rings. The van der Waals surface area contributed by atoms with Crippen LogP contribution in [-0.4, -0.2) is 23.1 Å². The van der Waals surface area contributed by atoms with Gasteiger partial charge in [0.2, 0.25) is 5.91 Å². The van der Waals surface area contributed by atoms with E-state index in [1.165, 1.54) is 4.90 Å². The van der Waals surface area contributed by atoms with Crippen LogP contribution in [0.2, 0.25) is 0 Å². The Kier molecular flexibility index (Phi) is 3.88. The van der Waals surface area contributed by atoms with E-state index < -0.39 is 11.9 Å². The van der Waals surface area contributed by atoms with Crippen molar-refractivity contribution in [2.24, 2.45) is 0 Å². The van der Waals surface area contributed by atoms with Crippen molar-refractivity contribution in [1.29, 1.82) is 0 Å². The summed E-state index contributed by atoms with van der Waals surface area (Å²) in [6, 6.07) is 13.3. The van der Waals surface area contributed by atoms with Gasteiger partial charge in [0.15, 0.2) is 0 Å². The van der Waals surface area contributed by atoms with Crippen LogP contribution in [-0.2, 0) is 9.59 Å². The highest BCUT2D eigenvalue weighted by Gasteiger charge is 2.43. The molecule has 1 aliphatic heterocycles. The monoisotopic (exact) mass is 310 g/mol. The van der Waals surface area contributed by atoms with Gasteiger partial charge in [-0.25, -0.2) is 9.96 Å². The molecule has 0 aromatic heterocycles. The van der Waals surface area contributed by atoms with Crippen LogP contribution in [0.4, 0.5) is 11.4 Å². The van der Waals surface area contributed by atoms with Crippen molar-refractivity contribution in [2.75, 3.05) is 9.96 Å². The van der Waals surface area contributed by atoms with Gasteiger partial charge in [-0.15, -0.1) is 0 Å². The second-order valence-electron chi connectivity index (χ2n) is 5.69.